The number of anilines is 1. The van der Waals surface area contributed by atoms with Crippen molar-refractivity contribution in [3.63, 3.8) is 0 Å². The van der Waals surface area contributed by atoms with Gasteiger partial charge in [0.05, 0.1) is 16.9 Å². The fraction of sp³-hybridized carbons (Fsp3) is 0.0800. The summed E-state index contributed by atoms with van der Waals surface area (Å²) in [5.74, 6) is -0.231. The van der Waals surface area contributed by atoms with E-state index in [4.69, 9.17) is 0 Å². The minimum absolute atomic E-state index is 0.0165. The average Bonchev–Trinajstić information content (AvgIpc) is 2.89. The minimum atomic E-state index is -0.274. The summed E-state index contributed by atoms with van der Waals surface area (Å²) in [6, 6.07) is 33.0. The lowest BCUT2D eigenvalue weighted by molar-refractivity contribution is -0.117. The van der Waals surface area contributed by atoms with Crippen molar-refractivity contribution >= 4 is 34.1 Å². The molecule has 0 aromatic heterocycles. The molecule has 0 saturated carbocycles. The molecule has 2 atom stereocenters. The van der Waals surface area contributed by atoms with Crippen LogP contribution in [0, 0.1) is 0 Å². The molecule has 0 unspecified atom stereocenters. The summed E-state index contributed by atoms with van der Waals surface area (Å²) in [7, 11) is 0. The van der Waals surface area contributed by atoms with Gasteiger partial charge in [0, 0.05) is 4.90 Å². The van der Waals surface area contributed by atoms with E-state index >= 15 is 0 Å². The van der Waals surface area contributed by atoms with Gasteiger partial charge in [0.25, 0.3) is 0 Å². The number of rotatable bonds is 2. The molecule has 28 heavy (non-hydrogen) atoms. The summed E-state index contributed by atoms with van der Waals surface area (Å²) in [6.07, 6.45) is 0. The highest BCUT2D eigenvalue weighted by atomic mass is 32.2. The largest absolute Gasteiger partial charge is 0.324 e. The van der Waals surface area contributed by atoms with Crippen LogP contribution in [0.4, 0.5) is 5.69 Å². The molecular formula is C25H19NOS. The Bertz CT molecular complexity index is 1150. The monoisotopic (exact) mass is 381 g/mol. The Morgan fingerprint density at radius 3 is 2.32 bits per heavy atom. The predicted octanol–water partition coefficient (Wildman–Crippen LogP) is 6.41. The van der Waals surface area contributed by atoms with Crippen LogP contribution >= 0.6 is 11.8 Å². The Labute approximate surface area is 168 Å². The van der Waals surface area contributed by atoms with Gasteiger partial charge < -0.3 is 5.32 Å². The van der Waals surface area contributed by atoms with Crippen LogP contribution in [0.2, 0.25) is 0 Å². The lowest BCUT2D eigenvalue weighted by Gasteiger charge is -2.25. The van der Waals surface area contributed by atoms with Crippen molar-refractivity contribution in [3.05, 3.63) is 108 Å². The molecule has 1 amide bonds. The number of benzene rings is 4. The summed E-state index contributed by atoms with van der Waals surface area (Å²) in [5, 5.41) is 5.55. The Hall–Kier alpha value is -3.04. The third-order valence-corrected chi connectivity index (χ3v) is 6.66. The van der Waals surface area contributed by atoms with Gasteiger partial charge in [-0.25, -0.2) is 0 Å². The SMILES string of the molecule is O=C1Nc2ccccc2S[C@@H](c2cccc3ccccc23)[C@H]1c1ccccc1. The first-order chi connectivity index (χ1) is 13.8. The molecule has 4 aromatic carbocycles. The number of hydrogen-bond acceptors (Lipinski definition) is 2. The molecule has 136 valence electrons. The van der Waals surface area contributed by atoms with Crippen LogP contribution in [0.5, 0.6) is 0 Å². The Morgan fingerprint density at radius 1 is 0.714 bits per heavy atom. The van der Waals surface area contributed by atoms with Gasteiger partial charge in [-0.2, -0.15) is 0 Å². The topological polar surface area (TPSA) is 29.1 Å². The van der Waals surface area contributed by atoms with E-state index in [2.05, 4.69) is 66.0 Å². The molecule has 0 fully saturated rings. The zero-order chi connectivity index (χ0) is 18.9. The molecule has 1 N–H and O–H groups in total. The Morgan fingerprint density at radius 2 is 1.43 bits per heavy atom. The highest BCUT2D eigenvalue weighted by Gasteiger charge is 2.36. The second-order valence-electron chi connectivity index (χ2n) is 6.98. The molecule has 4 aromatic rings. The molecule has 1 aliphatic heterocycles. The van der Waals surface area contributed by atoms with E-state index in [1.807, 2.05) is 36.4 Å². The molecule has 5 rings (SSSR count). The highest BCUT2D eigenvalue weighted by molar-refractivity contribution is 7.99. The molecule has 2 nitrogen and oxygen atoms in total. The van der Waals surface area contributed by atoms with Crippen LogP contribution in [0.1, 0.15) is 22.3 Å². The normalized spacial score (nSPS) is 18.9. The molecule has 3 heteroatoms. The number of carbonyl (C=O) groups excluding carboxylic acids is 1. The van der Waals surface area contributed by atoms with Crippen LogP contribution in [-0.4, -0.2) is 5.91 Å². The maximum absolute atomic E-state index is 13.4. The smallest absolute Gasteiger partial charge is 0.233 e. The minimum Gasteiger partial charge on any atom is -0.324 e. The van der Waals surface area contributed by atoms with Gasteiger partial charge >= 0.3 is 0 Å². The van der Waals surface area contributed by atoms with Crippen molar-refractivity contribution < 1.29 is 4.79 Å². The van der Waals surface area contributed by atoms with E-state index in [1.54, 1.807) is 11.8 Å². The maximum Gasteiger partial charge on any atom is 0.233 e. The summed E-state index contributed by atoms with van der Waals surface area (Å²) in [6.45, 7) is 0. The number of carbonyl (C=O) groups is 1. The quantitative estimate of drug-likeness (QED) is 0.435. The Balaban J connectivity index is 1.74. The zero-order valence-corrected chi connectivity index (χ0v) is 16.0. The third-order valence-electron chi connectivity index (χ3n) is 5.27. The molecule has 0 radical (unpaired) electrons. The lowest BCUT2D eigenvalue weighted by Crippen LogP contribution is -2.23. The number of nitrogens with one attached hydrogen (secondary N) is 1. The average molecular weight is 382 g/mol. The van der Waals surface area contributed by atoms with Crippen molar-refractivity contribution in [2.24, 2.45) is 0 Å². The molecule has 0 saturated heterocycles. The van der Waals surface area contributed by atoms with Crippen LogP contribution in [-0.2, 0) is 4.79 Å². The first-order valence-electron chi connectivity index (χ1n) is 9.40. The summed E-state index contributed by atoms with van der Waals surface area (Å²) < 4.78 is 0. The van der Waals surface area contributed by atoms with Gasteiger partial charge in [-0.1, -0.05) is 84.9 Å². The number of thioether (sulfide) groups is 1. The predicted molar refractivity (Wildman–Crippen MR) is 117 cm³/mol. The summed E-state index contributed by atoms with van der Waals surface area (Å²) >= 11 is 1.77. The highest BCUT2D eigenvalue weighted by Crippen LogP contribution is 2.51. The molecule has 1 aliphatic rings. The molecule has 1 heterocycles. The first-order valence-corrected chi connectivity index (χ1v) is 10.3. The summed E-state index contributed by atoms with van der Waals surface area (Å²) in [5.41, 5.74) is 3.13. The van der Waals surface area contributed by atoms with E-state index in [0.29, 0.717) is 0 Å². The van der Waals surface area contributed by atoms with E-state index in [-0.39, 0.29) is 17.1 Å². The fourth-order valence-electron chi connectivity index (χ4n) is 3.95. The Kier molecular flexibility index (Phi) is 4.38. The molecular weight excluding hydrogens is 362 g/mol. The second kappa shape index (κ2) is 7.17. The van der Waals surface area contributed by atoms with Crippen LogP contribution in [0.3, 0.4) is 0 Å². The maximum atomic E-state index is 13.4. The lowest BCUT2D eigenvalue weighted by atomic mass is 9.88. The van der Waals surface area contributed by atoms with Crippen molar-refractivity contribution in [1.82, 2.24) is 0 Å². The van der Waals surface area contributed by atoms with Gasteiger partial charge in [-0.3, -0.25) is 4.79 Å². The van der Waals surface area contributed by atoms with Gasteiger partial charge in [-0.05, 0) is 34.0 Å². The standard InChI is InChI=1S/C25H19NOS/c27-25-23(18-10-2-1-3-11-18)24(28-22-16-7-6-15-21(22)26-25)20-14-8-12-17-9-4-5-13-19(17)20/h1-16,23-24H,(H,26,27)/t23-,24+/m1/s1. The number of fused-ring (bicyclic) bond motifs is 2. The van der Waals surface area contributed by atoms with Crippen LogP contribution in [0.25, 0.3) is 10.8 Å². The zero-order valence-electron chi connectivity index (χ0n) is 15.2. The van der Waals surface area contributed by atoms with Crippen LogP contribution in [0.15, 0.2) is 102 Å². The fourth-order valence-corrected chi connectivity index (χ4v) is 5.38. The first kappa shape index (κ1) is 17.1. The number of amides is 1. The number of hydrogen-bond donors (Lipinski definition) is 1. The number of para-hydroxylation sites is 1. The van der Waals surface area contributed by atoms with E-state index in [9.17, 15) is 4.79 Å². The van der Waals surface area contributed by atoms with E-state index in [1.165, 1.54) is 16.3 Å². The molecule has 0 bridgehead atoms. The van der Waals surface area contributed by atoms with Gasteiger partial charge in [0.15, 0.2) is 0 Å². The van der Waals surface area contributed by atoms with E-state index < -0.39 is 0 Å². The van der Waals surface area contributed by atoms with E-state index in [0.717, 1.165) is 16.1 Å². The van der Waals surface area contributed by atoms with Crippen molar-refractivity contribution in [2.75, 3.05) is 5.32 Å². The van der Waals surface area contributed by atoms with Crippen molar-refractivity contribution in [2.45, 2.75) is 16.1 Å². The van der Waals surface area contributed by atoms with Gasteiger partial charge in [0.1, 0.15) is 0 Å². The van der Waals surface area contributed by atoms with Crippen molar-refractivity contribution in [3.8, 4) is 0 Å². The van der Waals surface area contributed by atoms with Crippen LogP contribution < -0.4 is 5.32 Å². The molecule has 0 spiro atoms. The van der Waals surface area contributed by atoms with Gasteiger partial charge in [0.2, 0.25) is 5.91 Å². The molecule has 0 aliphatic carbocycles. The van der Waals surface area contributed by atoms with Gasteiger partial charge in [-0.15, -0.1) is 11.8 Å². The second-order valence-corrected chi connectivity index (χ2v) is 8.16. The van der Waals surface area contributed by atoms with Crippen molar-refractivity contribution in [1.29, 1.82) is 0 Å². The summed E-state index contributed by atoms with van der Waals surface area (Å²) in [4.78, 5) is 14.5. The third kappa shape index (κ3) is 2.98.